The summed E-state index contributed by atoms with van der Waals surface area (Å²) in [6, 6.07) is 4.75. The molecule has 0 atom stereocenters. The topological polar surface area (TPSA) is 34.1 Å². The largest absolute Gasteiger partial charge is 0.381 e. The molecule has 2 heterocycles. The van der Waals surface area contributed by atoms with Crippen molar-refractivity contribution in [3.05, 3.63) is 23.9 Å². The van der Waals surface area contributed by atoms with Gasteiger partial charge in [-0.15, -0.1) is 0 Å². The molecule has 94 valence electrons. The van der Waals surface area contributed by atoms with Crippen LogP contribution in [0.25, 0.3) is 0 Å². The lowest BCUT2D eigenvalue weighted by molar-refractivity contribution is 0.0904. The molecule has 0 radical (unpaired) electrons. The SMILES string of the molecule is CC(C)(C)c1ccc(NC2CCOCC2)nc1. The maximum atomic E-state index is 5.34. The quantitative estimate of drug-likeness (QED) is 0.854. The van der Waals surface area contributed by atoms with Crippen molar-refractivity contribution in [3.63, 3.8) is 0 Å². The van der Waals surface area contributed by atoms with Crippen LogP contribution in [0.1, 0.15) is 39.2 Å². The summed E-state index contributed by atoms with van der Waals surface area (Å²) in [6.45, 7) is 8.33. The molecular formula is C14H22N2O. The molecular weight excluding hydrogens is 212 g/mol. The third kappa shape index (κ3) is 3.43. The molecule has 0 unspecified atom stereocenters. The minimum absolute atomic E-state index is 0.171. The fraction of sp³-hybridized carbons (Fsp3) is 0.643. The molecule has 0 spiro atoms. The average molecular weight is 234 g/mol. The van der Waals surface area contributed by atoms with Gasteiger partial charge in [-0.3, -0.25) is 0 Å². The van der Waals surface area contributed by atoms with Gasteiger partial charge in [-0.05, 0) is 29.9 Å². The second kappa shape index (κ2) is 5.05. The van der Waals surface area contributed by atoms with Crippen LogP contribution in [0.2, 0.25) is 0 Å². The third-order valence-corrected chi connectivity index (χ3v) is 3.20. The van der Waals surface area contributed by atoms with Gasteiger partial charge in [-0.2, -0.15) is 0 Å². The second-order valence-electron chi connectivity index (χ2n) is 5.71. The summed E-state index contributed by atoms with van der Waals surface area (Å²) in [4.78, 5) is 4.49. The zero-order chi connectivity index (χ0) is 12.3. The van der Waals surface area contributed by atoms with Gasteiger partial charge >= 0.3 is 0 Å². The van der Waals surface area contributed by atoms with Crippen LogP contribution in [0.15, 0.2) is 18.3 Å². The Morgan fingerprint density at radius 1 is 1.24 bits per heavy atom. The Morgan fingerprint density at radius 3 is 2.47 bits per heavy atom. The smallest absolute Gasteiger partial charge is 0.126 e. The highest BCUT2D eigenvalue weighted by Crippen LogP contribution is 2.22. The molecule has 0 aromatic carbocycles. The highest BCUT2D eigenvalue weighted by atomic mass is 16.5. The second-order valence-corrected chi connectivity index (χ2v) is 5.71. The van der Waals surface area contributed by atoms with Crippen LogP contribution in [0.4, 0.5) is 5.82 Å². The third-order valence-electron chi connectivity index (χ3n) is 3.20. The number of pyridine rings is 1. The summed E-state index contributed by atoms with van der Waals surface area (Å²) in [7, 11) is 0. The summed E-state index contributed by atoms with van der Waals surface area (Å²) in [5.41, 5.74) is 1.44. The van der Waals surface area contributed by atoms with Gasteiger partial charge in [-0.1, -0.05) is 26.8 Å². The Hall–Kier alpha value is -1.09. The number of hydrogen-bond acceptors (Lipinski definition) is 3. The highest BCUT2D eigenvalue weighted by Gasteiger charge is 2.16. The highest BCUT2D eigenvalue weighted by molar-refractivity contribution is 5.38. The van der Waals surface area contributed by atoms with E-state index in [2.05, 4.69) is 43.2 Å². The molecule has 1 N–H and O–H groups in total. The fourth-order valence-corrected chi connectivity index (χ4v) is 1.97. The van der Waals surface area contributed by atoms with Crippen LogP contribution >= 0.6 is 0 Å². The molecule has 0 aliphatic carbocycles. The Labute approximate surface area is 104 Å². The van der Waals surface area contributed by atoms with Gasteiger partial charge < -0.3 is 10.1 Å². The Kier molecular flexibility index (Phi) is 3.67. The summed E-state index contributed by atoms with van der Waals surface area (Å²) >= 11 is 0. The number of anilines is 1. The van der Waals surface area contributed by atoms with Crippen LogP contribution in [0, 0.1) is 0 Å². The van der Waals surface area contributed by atoms with Crippen LogP contribution in [0.3, 0.4) is 0 Å². The molecule has 17 heavy (non-hydrogen) atoms. The molecule has 1 saturated heterocycles. The molecule has 0 saturated carbocycles. The normalized spacial score (nSPS) is 18.1. The molecule has 0 amide bonds. The number of aromatic nitrogens is 1. The van der Waals surface area contributed by atoms with E-state index < -0.39 is 0 Å². The van der Waals surface area contributed by atoms with Crippen molar-refractivity contribution in [2.24, 2.45) is 0 Å². The molecule has 1 aromatic rings. The standard InChI is InChI=1S/C14H22N2O/c1-14(2,3)11-4-5-13(15-10-11)16-12-6-8-17-9-7-12/h4-5,10,12H,6-9H2,1-3H3,(H,15,16). The molecule has 3 nitrogen and oxygen atoms in total. The number of ether oxygens (including phenoxy) is 1. The summed E-state index contributed by atoms with van der Waals surface area (Å²) in [5.74, 6) is 0.977. The van der Waals surface area contributed by atoms with Crippen molar-refractivity contribution in [1.29, 1.82) is 0 Å². The first kappa shape index (κ1) is 12.4. The van der Waals surface area contributed by atoms with Crippen molar-refractivity contribution < 1.29 is 4.74 Å². The molecule has 3 heteroatoms. The van der Waals surface area contributed by atoms with Crippen molar-refractivity contribution in [2.45, 2.75) is 45.1 Å². The predicted molar refractivity (Wildman–Crippen MR) is 70.4 cm³/mol. The summed E-state index contributed by atoms with van der Waals surface area (Å²) in [5, 5.41) is 3.47. The van der Waals surface area contributed by atoms with Gasteiger partial charge in [0.15, 0.2) is 0 Å². The van der Waals surface area contributed by atoms with Gasteiger partial charge in [0.25, 0.3) is 0 Å². The summed E-state index contributed by atoms with van der Waals surface area (Å²) in [6.07, 6.45) is 4.12. The van der Waals surface area contributed by atoms with Crippen molar-refractivity contribution in [3.8, 4) is 0 Å². The minimum Gasteiger partial charge on any atom is -0.381 e. The monoisotopic (exact) mass is 234 g/mol. The molecule has 1 aliphatic heterocycles. The maximum Gasteiger partial charge on any atom is 0.126 e. The molecule has 1 fully saturated rings. The first-order valence-corrected chi connectivity index (χ1v) is 6.36. The molecule has 1 aromatic heterocycles. The van der Waals surface area contributed by atoms with Crippen LogP contribution < -0.4 is 5.32 Å². The van der Waals surface area contributed by atoms with E-state index >= 15 is 0 Å². The number of nitrogens with zero attached hydrogens (tertiary/aromatic N) is 1. The van der Waals surface area contributed by atoms with Gasteiger partial charge in [-0.25, -0.2) is 4.98 Å². The molecule has 2 rings (SSSR count). The first-order valence-electron chi connectivity index (χ1n) is 6.36. The van der Waals surface area contributed by atoms with Crippen molar-refractivity contribution in [2.75, 3.05) is 18.5 Å². The van der Waals surface area contributed by atoms with Gasteiger partial charge in [0, 0.05) is 25.5 Å². The van der Waals surface area contributed by atoms with E-state index in [0.717, 1.165) is 31.9 Å². The zero-order valence-corrected chi connectivity index (χ0v) is 11.0. The predicted octanol–water partition coefficient (Wildman–Crippen LogP) is 2.97. The van der Waals surface area contributed by atoms with E-state index in [1.807, 2.05) is 6.20 Å². The Balaban J connectivity index is 1.98. The zero-order valence-electron chi connectivity index (χ0n) is 11.0. The van der Waals surface area contributed by atoms with E-state index in [0.29, 0.717) is 6.04 Å². The van der Waals surface area contributed by atoms with Gasteiger partial charge in [0.05, 0.1) is 0 Å². The van der Waals surface area contributed by atoms with E-state index in [4.69, 9.17) is 4.74 Å². The lowest BCUT2D eigenvalue weighted by Crippen LogP contribution is -2.28. The van der Waals surface area contributed by atoms with Crippen LogP contribution in [-0.4, -0.2) is 24.2 Å². The van der Waals surface area contributed by atoms with Crippen LogP contribution in [-0.2, 0) is 10.2 Å². The van der Waals surface area contributed by atoms with Crippen LogP contribution in [0.5, 0.6) is 0 Å². The van der Waals surface area contributed by atoms with E-state index in [1.54, 1.807) is 0 Å². The van der Waals surface area contributed by atoms with Gasteiger partial charge in [0.1, 0.15) is 5.82 Å². The lowest BCUT2D eigenvalue weighted by atomic mass is 9.88. The van der Waals surface area contributed by atoms with Crippen molar-refractivity contribution in [1.82, 2.24) is 4.98 Å². The molecule has 1 aliphatic rings. The number of nitrogens with one attached hydrogen (secondary N) is 1. The average Bonchev–Trinajstić information content (AvgIpc) is 2.30. The lowest BCUT2D eigenvalue weighted by Gasteiger charge is -2.24. The number of rotatable bonds is 2. The first-order chi connectivity index (χ1) is 8.05. The summed E-state index contributed by atoms with van der Waals surface area (Å²) < 4.78 is 5.34. The molecule has 0 bridgehead atoms. The maximum absolute atomic E-state index is 5.34. The Bertz CT molecular complexity index is 347. The van der Waals surface area contributed by atoms with E-state index in [1.165, 1.54) is 5.56 Å². The van der Waals surface area contributed by atoms with E-state index in [-0.39, 0.29) is 5.41 Å². The van der Waals surface area contributed by atoms with Gasteiger partial charge in [0.2, 0.25) is 0 Å². The fourth-order valence-electron chi connectivity index (χ4n) is 1.97. The van der Waals surface area contributed by atoms with Crippen molar-refractivity contribution >= 4 is 5.82 Å². The number of hydrogen-bond donors (Lipinski definition) is 1. The van der Waals surface area contributed by atoms with E-state index in [9.17, 15) is 0 Å². The minimum atomic E-state index is 0.171. The Morgan fingerprint density at radius 2 is 1.94 bits per heavy atom.